The third-order valence-corrected chi connectivity index (χ3v) is 2.67. The molecule has 5 nitrogen and oxygen atoms in total. The maximum Gasteiger partial charge on any atom is 0.230 e. The van der Waals surface area contributed by atoms with Gasteiger partial charge < -0.3 is 16.3 Å². The van der Waals surface area contributed by atoms with Gasteiger partial charge in [0.2, 0.25) is 5.91 Å². The van der Waals surface area contributed by atoms with Gasteiger partial charge in [0.15, 0.2) is 5.84 Å². The smallest absolute Gasteiger partial charge is 0.230 e. The van der Waals surface area contributed by atoms with Crippen molar-refractivity contribution in [1.29, 1.82) is 0 Å². The number of hydrogen-bond acceptors (Lipinski definition) is 4. The van der Waals surface area contributed by atoms with Crippen LogP contribution in [0.1, 0.15) is 11.1 Å². The average Bonchev–Trinajstić information content (AvgIpc) is 2.36. The summed E-state index contributed by atoms with van der Waals surface area (Å²) in [5.74, 6) is 0.545. The van der Waals surface area contributed by atoms with E-state index in [-0.39, 0.29) is 11.7 Å². The SMILES string of the molecule is CSCC(=O)NCc1ccc(C(N)=NO)cc1. The van der Waals surface area contributed by atoms with Gasteiger partial charge in [0, 0.05) is 12.1 Å². The lowest BCUT2D eigenvalue weighted by Gasteiger charge is -2.05. The second-order valence-corrected chi connectivity index (χ2v) is 4.26. The fourth-order valence-electron chi connectivity index (χ4n) is 1.23. The molecule has 0 spiro atoms. The van der Waals surface area contributed by atoms with Gasteiger partial charge in [-0.25, -0.2) is 0 Å². The highest BCUT2D eigenvalue weighted by Gasteiger charge is 2.01. The monoisotopic (exact) mass is 253 g/mol. The van der Waals surface area contributed by atoms with E-state index in [1.807, 2.05) is 18.4 Å². The molecule has 92 valence electrons. The van der Waals surface area contributed by atoms with E-state index < -0.39 is 0 Å². The topological polar surface area (TPSA) is 87.7 Å². The molecule has 1 amide bonds. The lowest BCUT2D eigenvalue weighted by atomic mass is 10.1. The maximum atomic E-state index is 11.2. The number of nitrogens with zero attached hydrogens (tertiary/aromatic N) is 1. The molecule has 0 bridgehead atoms. The fraction of sp³-hybridized carbons (Fsp3) is 0.273. The highest BCUT2D eigenvalue weighted by atomic mass is 32.2. The van der Waals surface area contributed by atoms with E-state index in [0.29, 0.717) is 17.9 Å². The van der Waals surface area contributed by atoms with Crippen molar-refractivity contribution in [2.75, 3.05) is 12.0 Å². The summed E-state index contributed by atoms with van der Waals surface area (Å²) in [7, 11) is 0. The van der Waals surface area contributed by atoms with Crippen molar-refractivity contribution in [2.24, 2.45) is 10.9 Å². The number of benzene rings is 1. The molecule has 0 heterocycles. The molecule has 0 radical (unpaired) electrons. The van der Waals surface area contributed by atoms with Gasteiger partial charge in [-0.2, -0.15) is 11.8 Å². The number of hydrogen-bond donors (Lipinski definition) is 3. The van der Waals surface area contributed by atoms with E-state index in [2.05, 4.69) is 10.5 Å². The summed E-state index contributed by atoms with van der Waals surface area (Å²) in [5, 5.41) is 14.2. The Morgan fingerprint density at radius 1 is 1.47 bits per heavy atom. The molecule has 17 heavy (non-hydrogen) atoms. The molecule has 4 N–H and O–H groups in total. The van der Waals surface area contributed by atoms with Gasteiger partial charge >= 0.3 is 0 Å². The minimum atomic E-state index is 0.0120. The first-order valence-corrected chi connectivity index (χ1v) is 6.39. The number of nitrogens with one attached hydrogen (secondary N) is 1. The molecule has 0 aliphatic rings. The van der Waals surface area contributed by atoms with E-state index in [0.717, 1.165) is 5.56 Å². The highest BCUT2D eigenvalue weighted by Crippen LogP contribution is 2.04. The van der Waals surface area contributed by atoms with Crippen molar-refractivity contribution in [1.82, 2.24) is 5.32 Å². The van der Waals surface area contributed by atoms with E-state index in [1.54, 1.807) is 12.1 Å². The zero-order valence-corrected chi connectivity index (χ0v) is 10.3. The zero-order chi connectivity index (χ0) is 12.7. The number of carbonyl (C=O) groups is 1. The summed E-state index contributed by atoms with van der Waals surface area (Å²) in [5.41, 5.74) is 7.05. The highest BCUT2D eigenvalue weighted by molar-refractivity contribution is 7.99. The Morgan fingerprint density at radius 2 is 2.12 bits per heavy atom. The van der Waals surface area contributed by atoms with Gasteiger partial charge in [0.1, 0.15) is 0 Å². The van der Waals surface area contributed by atoms with Crippen LogP contribution in [0, 0.1) is 0 Å². The molecule has 0 saturated carbocycles. The minimum absolute atomic E-state index is 0.0120. The first-order chi connectivity index (χ1) is 8.17. The van der Waals surface area contributed by atoms with Crippen LogP contribution in [0.5, 0.6) is 0 Å². The van der Waals surface area contributed by atoms with Crippen LogP contribution in [0.4, 0.5) is 0 Å². The molecule has 0 aliphatic heterocycles. The Hall–Kier alpha value is -1.69. The van der Waals surface area contributed by atoms with Crippen molar-refractivity contribution in [3.63, 3.8) is 0 Å². The normalized spacial score (nSPS) is 11.2. The first kappa shape index (κ1) is 13.4. The minimum Gasteiger partial charge on any atom is -0.409 e. The molecular formula is C11H15N3O2S. The van der Waals surface area contributed by atoms with Gasteiger partial charge in [-0.05, 0) is 11.8 Å². The summed E-state index contributed by atoms with van der Waals surface area (Å²) in [4.78, 5) is 11.2. The number of amidine groups is 1. The van der Waals surface area contributed by atoms with Crippen LogP contribution in [-0.4, -0.2) is 29.0 Å². The second kappa shape index (κ2) is 6.80. The lowest BCUT2D eigenvalue weighted by molar-refractivity contribution is -0.118. The summed E-state index contributed by atoms with van der Waals surface area (Å²) in [6.45, 7) is 0.482. The quantitative estimate of drug-likeness (QED) is 0.313. The van der Waals surface area contributed by atoms with Crippen LogP contribution in [0.2, 0.25) is 0 Å². The lowest BCUT2D eigenvalue weighted by Crippen LogP contribution is -2.24. The Labute approximate surface area is 104 Å². The third kappa shape index (κ3) is 4.36. The van der Waals surface area contributed by atoms with Gasteiger partial charge in [-0.15, -0.1) is 0 Å². The van der Waals surface area contributed by atoms with Gasteiger partial charge in [-0.1, -0.05) is 29.4 Å². The number of nitrogens with two attached hydrogens (primary N) is 1. The number of rotatable bonds is 5. The van der Waals surface area contributed by atoms with Gasteiger partial charge in [0.25, 0.3) is 0 Å². The first-order valence-electron chi connectivity index (χ1n) is 5.00. The Balaban J connectivity index is 2.54. The summed E-state index contributed by atoms with van der Waals surface area (Å²) >= 11 is 1.48. The number of oxime groups is 1. The molecule has 0 unspecified atom stereocenters. The van der Waals surface area contributed by atoms with Crippen LogP contribution >= 0.6 is 11.8 Å². The van der Waals surface area contributed by atoms with Crippen LogP contribution in [0.15, 0.2) is 29.4 Å². The molecule has 0 aromatic heterocycles. The van der Waals surface area contributed by atoms with E-state index in [4.69, 9.17) is 10.9 Å². The predicted octanol–water partition coefficient (Wildman–Crippen LogP) is 0.760. The van der Waals surface area contributed by atoms with Crippen molar-refractivity contribution in [3.05, 3.63) is 35.4 Å². The van der Waals surface area contributed by atoms with E-state index in [1.165, 1.54) is 11.8 Å². The summed E-state index contributed by atoms with van der Waals surface area (Å²) < 4.78 is 0. The molecule has 0 atom stereocenters. The van der Waals surface area contributed by atoms with Crippen molar-refractivity contribution in [3.8, 4) is 0 Å². The molecule has 1 rings (SSSR count). The van der Waals surface area contributed by atoms with Crippen LogP contribution in [0.25, 0.3) is 0 Å². The fourth-order valence-corrected chi connectivity index (χ4v) is 1.60. The summed E-state index contributed by atoms with van der Waals surface area (Å²) in [6.07, 6.45) is 1.88. The van der Waals surface area contributed by atoms with Gasteiger partial charge in [0.05, 0.1) is 5.75 Å². The largest absolute Gasteiger partial charge is 0.409 e. The van der Waals surface area contributed by atoms with Crippen molar-refractivity contribution in [2.45, 2.75) is 6.54 Å². The standard InChI is InChI=1S/C11H15N3O2S/c1-17-7-10(15)13-6-8-2-4-9(5-3-8)11(12)14-16/h2-5,16H,6-7H2,1H3,(H2,12,14)(H,13,15). The van der Waals surface area contributed by atoms with E-state index in [9.17, 15) is 4.79 Å². The van der Waals surface area contributed by atoms with Crippen molar-refractivity contribution >= 4 is 23.5 Å². The zero-order valence-electron chi connectivity index (χ0n) is 9.51. The molecule has 1 aromatic carbocycles. The molecule has 6 heteroatoms. The molecule has 1 aromatic rings. The Bertz CT molecular complexity index is 404. The van der Waals surface area contributed by atoms with Crippen LogP contribution in [0.3, 0.4) is 0 Å². The number of amides is 1. The number of thioether (sulfide) groups is 1. The predicted molar refractivity (Wildman–Crippen MR) is 69.2 cm³/mol. The van der Waals surface area contributed by atoms with E-state index >= 15 is 0 Å². The van der Waals surface area contributed by atoms with Crippen molar-refractivity contribution < 1.29 is 10.0 Å². The second-order valence-electron chi connectivity index (χ2n) is 3.39. The summed E-state index contributed by atoms with van der Waals surface area (Å²) in [6, 6.07) is 7.13. The molecule has 0 fully saturated rings. The molecule has 0 aliphatic carbocycles. The number of carbonyl (C=O) groups excluding carboxylic acids is 1. The van der Waals surface area contributed by atoms with Gasteiger partial charge in [-0.3, -0.25) is 4.79 Å². The Morgan fingerprint density at radius 3 is 2.65 bits per heavy atom. The third-order valence-electron chi connectivity index (χ3n) is 2.12. The maximum absolute atomic E-state index is 11.2. The molecule has 0 saturated heterocycles. The van der Waals surface area contributed by atoms with Crippen LogP contribution in [-0.2, 0) is 11.3 Å². The average molecular weight is 253 g/mol. The molecular weight excluding hydrogens is 238 g/mol. The Kier molecular flexibility index (Phi) is 5.35. The van der Waals surface area contributed by atoms with Crippen LogP contribution < -0.4 is 11.1 Å².